The molecule has 1 heterocycles. The van der Waals surface area contributed by atoms with E-state index < -0.39 is 4.92 Å². The summed E-state index contributed by atoms with van der Waals surface area (Å²) >= 11 is 5.77. The fourth-order valence-corrected chi connectivity index (χ4v) is 1.88. The molecule has 7 heteroatoms. The minimum absolute atomic E-state index is 0.00894. The third-order valence-electron chi connectivity index (χ3n) is 2.76. The molecule has 0 spiro atoms. The first-order valence-electron chi connectivity index (χ1n) is 5.68. The molecule has 6 nitrogen and oxygen atoms in total. The van der Waals surface area contributed by atoms with Gasteiger partial charge in [0.2, 0.25) is 0 Å². The fourth-order valence-electron chi connectivity index (χ4n) is 1.72. The van der Waals surface area contributed by atoms with Crippen molar-refractivity contribution in [2.24, 2.45) is 5.73 Å². The van der Waals surface area contributed by atoms with Crippen LogP contribution in [0.15, 0.2) is 30.6 Å². The van der Waals surface area contributed by atoms with Gasteiger partial charge < -0.3 is 5.73 Å². The monoisotopic (exact) mass is 280 g/mol. The smallest absolute Gasteiger partial charge is 0.275 e. The van der Waals surface area contributed by atoms with E-state index in [1.807, 2.05) is 6.92 Å². The van der Waals surface area contributed by atoms with Crippen molar-refractivity contribution in [2.45, 2.75) is 19.5 Å². The van der Waals surface area contributed by atoms with Crippen LogP contribution in [0.3, 0.4) is 0 Å². The molecule has 0 aliphatic rings. The maximum absolute atomic E-state index is 11.0. The number of nitrogens with two attached hydrogens (primary N) is 1. The van der Waals surface area contributed by atoms with Crippen molar-refractivity contribution < 1.29 is 4.92 Å². The van der Waals surface area contributed by atoms with E-state index in [1.54, 1.807) is 29.2 Å². The molecule has 0 saturated heterocycles. The number of aromatic nitrogens is 2. The quantitative estimate of drug-likeness (QED) is 0.688. The summed E-state index contributed by atoms with van der Waals surface area (Å²) in [5.41, 5.74) is 7.17. The van der Waals surface area contributed by atoms with Gasteiger partial charge in [-0.25, -0.2) is 0 Å². The second kappa shape index (κ2) is 5.38. The van der Waals surface area contributed by atoms with E-state index >= 15 is 0 Å². The van der Waals surface area contributed by atoms with E-state index in [0.717, 1.165) is 5.56 Å². The van der Waals surface area contributed by atoms with E-state index in [2.05, 4.69) is 5.10 Å². The summed E-state index contributed by atoms with van der Waals surface area (Å²) in [6.07, 6.45) is 3.44. The molecular formula is C12H13ClN4O2. The minimum atomic E-state index is -0.447. The van der Waals surface area contributed by atoms with Gasteiger partial charge in [0.05, 0.1) is 23.2 Å². The first-order chi connectivity index (χ1) is 8.97. The van der Waals surface area contributed by atoms with Gasteiger partial charge in [0.15, 0.2) is 0 Å². The number of nitro groups is 1. The molecule has 0 saturated carbocycles. The average molecular weight is 281 g/mol. The van der Waals surface area contributed by atoms with Gasteiger partial charge in [-0.05, 0) is 19.1 Å². The van der Waals surface area contributed by atoms with Gasteiger partial charge in [-0.2, -0.15) is 5.10 Å². The van der Waals surface area contributed by atoms with Crippen LogP contribution in [0.25, 0.3) is 0 Å². The highest BCUT2D eigenvalue weighted by Gasteiger charge is 2.15. The van der Waals surface area contributed by atoms with Crippen LogP contribution in [0.4, 0.5) is 5.69 Å². The van der Waals surface area contributed by atoms with Crippen LogP contribution in [0.1, 0.15) is 24.1 Å². The Bertz CT molecular complexity index is 610. The molecule has 1 atom stereocenters. The van der Waals surface area contributed by atoms with Gasteiger partial charge in [0, 0.05) is 28.9 Å². The summed E-state index contributed by atoms with van der Waals surface area (Å²) in [5, 5.41) is 15.5. The van der Waals surface area contributed by atoms with Crippen LogP contribution in [-0.2, 0) is 6.54 Å². The second-order valence-electron chi connectivity index (χ2n) is 4.29. The third-order valence-corrected chi connectivity index (χ3v) is 2.99. The molecule has 2 N–H and O–H groups in total. The van der Waals surface area contributed by atoms with Crippen molar-refractivity contribution in [3.05, 3.63) is 56.9 Å². The van der Waals surface area contributed by atoms with Gasteiger partial charge in [0.25, 0.3) is 5.69 Å². The first-order valence-corrected chi connectivity index (χ1v) is 6.06. The maximum Gasteiger partial charge on any atom is 0.275 e. The van der Waals surface area contributed by atoms with Crippen molar-refractivity contribution >= 4 is 17.3 Å². The number of rotatable bonds is 4. The van der Waals surface area contributed by atoms with Gasteiger partial charge in [-0.1, -0.05) is 11.6 Å². The molecule has 0 aliphatic carbocycles. The second-order valence-corrected chi connectivity index (χ2v) is 4.73. The predicted octanol–water partition coefficient (Wildman–Crippen LogP) is 2.51. The van der Waals surface area contributed by atoms with Crippen molar-refractivity contribution in [3.63, 3.8) is 0 Å². The average Bonchev–Trinajstić information content (AvgIpc) is 2.80. The summed E-state index contributed by atoms with van der Waals surface area (Å²) in [4.78, 5) is 10.5. The van der Waals surface area contributed by atoms with E-state index in [-0.39, 0.29) is 11.7 Å². The van der Waals surface area contributed by atoms with Crippen LogP contribution < -0.4 is 5.73 Å². The van der Waals surface area contributed by atoms with Crippen molar-refractivity contribution in [2.75, 3.05) is 0 Å². The standard InChI is InChI=1S/C12H13ClN4O2/c1-8(14)10-5-15-16(7-10)6-9-2-3-11(13)4-12(9)17(18)19/h2-5,7-8H,6,14H2,1H3. The predicted molar refractivity (Wildman–Crippen MR) is 72.0 cm³/mol. The summed E-state index contributed by atoms with van der Waals surface area (Å²) in [6.45, 7) is 2.16. The van der Waals surface area contributed by atoms with Crippen molar-refractivity contribution in [3.8, 4) is 0 Å². The molecule has 0 aliphatic heterocycles. The summed E-state index contributed by atoms with van der Waals surface area (Å²) < 4.78 is 1.62. The molecule has 19 heavy (non-hydrogen) atoms. The molecule has 1 aromatic heterocycles. The van der Waals surface area contributed by atoms with Gasteiger partial charge in [0.1, 0.15) is 0 Å². The largest absolute Gasteiger partial charge is 0.324 e. The molecule has 1 unspecified atom stereocenters. The first kappa shape index (κ1) is 13.5. The van der Waals surface area contributed by atoms with E-state index in [4.69, 9.17) is 17.3 Å². The zero-order valence-corrected chi connectivity index (χ0v) is 11.0. The molecule has 0 fully saturated rings. The number of benzene rings is 1. The highest BCUT2D eigenvalue weighted by atomic mass is 35.5. The zero-order chi connectivity index (χ0) is 14.0. The summed E-state index contributed by atoms with van der Waals surface area (Å²) in [7, 11) is 0. The van der Waals surface area contributed by atoms with Gasteiger partial charge >= 0.3 is 0 Å². The zero-order valence-electron chi connectivity index (χ0n) is 10.3. The maximum atomic E-state index is 11.0. The van der Waals surface area contributed by atoms with Gasteiger partial charge in [-0.15, -0.1) is 0 Å². The molecule has 2 rings (SSSR count). The number of hydrogen-bond donors (Lipinski definition) is 1. The Labute approximate surface area is 114 Å². The Morgan fingerprint density at radius 1 is 1.58 bits per heavy atom. The van der Waals surface area contributed by atoms with Crippen LogP contribution in [0.5, 0.6) is 0 Å². The Hall–Kier alpha value is -1.92. The summed E-state index contributed by atoms with van der Waals surface area (Å²) in [6, 6.07) is 4.48. The van der Waals surface area contributed by atoms with Crippen molar-refractivity contribution in [1.82, 2.24) is 9.78 Å². The Kier molecular flexibility index (Phi) is 3.82. The molecule has 2 aromatic rings. The summed E-state index contributed by atoms with van der Waals surface area (Å²) in [5.74, 6) is 0. The number of nitrogens with zero attached hydrogens (tertiary/aromatic N) is 3. The molecular weight excluding hydrogens is 268 g/mol. The van der Waals surface area contributed by atoms with Gasteiger partial charge in [-0.3, -0.25) is 14.8 Å². The lowest BCUT2D eigenvalue weighted by Gasteiger charge is -2.04. The lowest BCUT2D eigenvalue weighted by atomic mass is 10.2. The minimum Gasteiger partial charge on any atom is -0.324 e. The fraction of sp³-hybridized carbons (Fsp3) is 0.250. The van der Waals surface area contributed by atoms with E-state index in [1.165, 1.54) is 6.07 Å². The molecule has 100 valence electrons. The third kappa shape index (κ3) is 3.10. The Balaban J connectivity index is 2.29. The van der Waals surface area contributed by atoms with Crippen molar-refractivity contribution in [1.29, 1.82) is 0 Å². The number of nitro benzene ring substituents is 1. The van der Waals surface area contributed by atoms with Crippen LogP contribution in [0, 0.1) is 10.1 Å². The number of hydrogen-bond acceptors (Lipinski definition) is 4. The van der Waals surface area contributed by atoms with E-state index in [0.29, 0.717) is 17.1 Å². The topological polar surface area (TPSA) is 87.0 Å². The SMILES string of the molecule is CC(N)c1cnn(Cc2ccc(Cl)cc2[N+](=O)[O-])c1. The molecule has 0 amide bonds. The Morgan fingerprint density at radius 2 is 2.32 bits per heavy atom. The number of halogens is 1. The van der Waals surface area contributed by atoms with Crippen LogP contribution >= 0.6 is 11.6 Å². The van der Waals surface area contributed by atoms with Crippen LogP contribution in [0.2, 0.25) is 5.02 Å². The van der Waals surface area contributed by atoms with E-state index in [9.17, 15) is 10.1 Å². The molecule has 0 radical (unpaired) electrons. The lowest BCUT2D eigenvalue weighted by Crippen LogP contribution is -2.05. The molecule has 0 bridgehead atoms. The highest BCUT2D eigenvalue weighted by Crippen LogP contribution is 2.24. The normalized spacial score (nSPS) is 12.4. The lowest BCUT2D eigenvalue weighted by molar-refractivity contribution is -0.385. The molecule has 1 aromatic carbocycles. The highest BCUT2D eigenvalue weighted by molar-refractivity contribution is 6.30. The van der Waals surface area contributed by atoms with Crippen LogP contribution in [-0.4, -0.2) is 14.7 Å². The Morgan fingerprint density at radius 3 is 2.89 bits per heavy atom.